The average Bonchev–Trinajstić information content (AvgIpc) is 2.36. The van der Waals surface area contributed by atoms with Gasteiger partial charge in [0.15, 0.2) is 0 Å². The lowest BCUT2D eigenvalue weighted by atomic mass is 9.99. The lowest BCUT2D eigenvalue weighted by molar-refractivity contribution is 0.409. The topological polar surface area (TPSA) is 9.23 Å². The summed E-state index contributed by atoms with van der Waals surface area (Å²) in [5.41, 5.74) is 3.87. The van der Waals surface area contributed by atoms with Crippen LogP contribution in [0.3, 0.4) is 0 Å². The van der Waals surface area contributed by atoms with Gasteiger partial charge in [-0.3, -0.25) is 0 Å². The van der Waals surface area contributed by atoms with E-state index >= 15 is 0 Å². The van der Waals surface area contributed by atoms with E-state index in [4.69, 9.17) is 16.3 Å². The lowest BCUT2D eigenvalue weighted by Gasteiger charge is -2.15. The van der Waals surface area contributed by atoms with Crippen LogP contribution < -0.4 is 4.74 Å². The summed E-state index contributed by atoms with van der Waals surface area (Å²) in [5, 5.41) is -0.427. The number of aryl methyl sites for hydroxylation is 2. The van der Waals surface area contributed by atoms with E-state index in [1.54, 1.807) is 13.2 Å². The highest BCUT2D eigenvalue weighted by atomic mass is 35.5. The van der Waals surface area contributed by atoms with Crippen LogP contribution >= 0.6 is 11.6 Å². The molecule has 0 radical (unpaired) electrons. The first-order valence-corrected chi connectivity index (χ1v) is 6.50. The largest absolute Gasteiger partial charge is 0.496 e. The molecular weight excluding hydrogens is 263 g/mol. The molecule has 100 valence electrons. The molecular formula is C16H16ClFO. The van der Waals surface area contributed by atoms with Crippen molar-refractivity contribution in [3.63, 3.8) is 0 Å². The zero-order chi connectivity index (χ0) is 14.0. The second kappa shape index (κ2) is 5.62. The summed E-state index contributed by atoms with van der Waals surface area (Å²) in [5.74, 6) is 0.284. The van der Waals surface area contributed by atoms with Crippen LogP contribution in [0.4, 0.5) is 4.39 Å². The van der Waals surface area contributed by atoms with Gasteiger partial charge in [0.1, 0.15) is 11.6 Å². The van der Waals surface area contributed by atoms with Crippen LogP contribution in [0.15, 0.2) is 36.4 Å². The molecule has 0 spiro atoms. The number of rotatable bonds is 3. The fraction of sp³-hybridized carbons (Fsp3) is 0.250. The Hall–Kier alpha value is -1.54. The quantitative estimate of drug-likeness (QED) is 0.734. The van der Waals surface area contributed by atoms with E-state index in [1.165, 1.54) is 12.1 Å². The first-order valence-electron chi connectivity index (χ1n) is 6.07. The number of ether oxygens (including phenoxy) is 1. The Morgan fingerprint density at radius 3 is 2.26 bits per heavy atom. The molecule has 19 heavy (non-hydrogen) atoms. The SMILES string of the molecule is COc1ccc(F)cc1C(Cl)c1cc(C)cc(C)c1. The van der Waals surface area contributed by atoms with Gasteiger partial charge in [0, 0.05) is 5.56 Å². The molecule has 0 aromatic heterocycles. The van der Waals surface area contributed by atoms with Crippen LogP contribution in [0.1, 0.15) is 27.6 Å². The van der Waals surface area contributed by atoms with E-state index in [2.05, 4.69) is 6.07 Å². The summed E-state index contributed by atoms with van der Waals surface area (Å²) < 4.78 is 18.7. The number of hydrogen-bond donors (Lipinski definition) is 0. The normalized spacial score (nSPS) is 12.3. The van der Waals surface area contributed by atoms with Crippen LogP contribution in [0, 0.1) is 19.7 Å². The molecule has 1 atom stereocenters. The first kappa shape index (κ1) is 13.9. The van der Waals surface area contributed by atoms with Crippen LogP contribution in [-0.2, 0) is 0 Å². The van der Waals surface area contributed by atoms with Crippen molar-refractivity contribution in [1.29, 1.82) is 0 Å². The molecule has 0 bridgehead atoms. The predicted molar refractivity (Wildman–Crippen MR) is 76.6 cm³/mol. The van der Waals surface area contributed by atoms with Gasteiger partial charge >= 0.3 is 0 Å². The number of benzene rings is 2. The molecule has 0 amide bonds. The molecule has 0 fully saturated rings. The predicted octanol–water partition coefficient (Wildman–Crippen LogP) is 4.78. The molecule has 2 rings (SSSR count). The van der Waals surface area contributed by atoms with Gasteiger partial charge in [0.25, 0.3) is 0 Å². The molecule has 3 heteroatoms. The Morgan fingerprint density at radius 1 is 1.05 bits per heavy atom. The fourth-order valence-corrected chi connectivity index (χ4v) is 2.54. The summed E-state index contributed by atoms with van der Waals surface area (Å²) in [6.45, 7) is 4.03. The highest BCUT2D eigenvalue weighted by Crippen LogP contribution is 2.36. The summed E-state index contributed by atoms with van der Waals surface area (Å²) in [6.07, 6.45) is 0. The first-order chi connectivity index (χ1) is 9.01. The molecule has 0 aliphatic rings. The van der Waals surface area contributed by atoms with Gasteiger partial charge in [-0.15, -0.1) is 11.6 Å². The van der Waals surface area contributed by atoms with E-state index in [0.717, 1.165) is 16.7 Å². The standard InChI is InChI=1S/C16H16ClFO/c1-10-6-11(2)8-12(7-10)16(17)14-9-13(18)4-5-15(14)19-3/h4-9,16H,1-3H3. The highest BCUT2D eigenvalue weighted by molar-refractivity contribution is 6.22. The zero-order valence-corrected chi connectivity index (χ0v) is 12.0. The average molecular weight is 279 g/mol. The van der Waals surface area contributed by atoms with E-state index in [-0.39, 0.29) is 5.82 Å². The highest BCUT2D eigenvalue weighted by Gasteiger charge is 2.17. The van der Waals surface area contributed by atoms with Gasteiger partial charge in [0.05, 0.1) is 12.5 Å². The van der Waals surface area contributed by atoms with Crippen LogP contribution in [0.2, 0.25) is 0 Å². The summed E-state index contributed by atoms with van der Waals surface area (Å²) in [6, 6.07) is 10.5. The van der Waals surface area contributed by atoms with Crippen molar-refractivity contribution in [2.45, 2.75) is 19.2 Å². The van der Waals surface area contributed by atoms with Crippen LogP contribution in [-0.4, -0.2) is 7.11 Å². The molecule has 2 aromatic rings. The summed E-state index contributed by atoms with van der Waals surface area (Å²) >= 11 is 6.48. The number of halogens is 2. The Balaban J connectivity index is 2.48. The van der Waals surface area contributed by atoms with Crippen molar-refractivity contribution < 1.29 is 9.13 Å². The maximum Gasteiger partial charge on any atom is 0.124 e. The molecule has 0 aliphatic carbocycles. The maximum absolute atomic E-state index is 13.4. The minimum atomic E-state index is -0.427. The van der Waals surface area contributed by atoms with E-state index in [0.29, 0.717) is 11.3 Å². The Bertz CT molecular complexity index is 575. The Labute approximate surface area is 118 Å². The lowest BCUT2D eigenvalue weighted by Crippen LogP contribution is -1.99. The Kier molecular flexibility index (Phi) is 4.11. The van der Waals surface area contributed by atoms with Gasteiger partial charge < -0.3 is 4.74 Å². The molecule has 0 saturated heterocycles. The minimum Gasteiger partial charge on any atom is -0.496 e. The monoisotopic (exact) mass is 278 g/mol. The van der Waals surface area contributed by atoms with Gasteiger partial charge in [-0.2, -0.15) is 0 Å². The molecule has 0 N–H and O–H groups in total. The third kappa shape index (κ3) is 3.07. The third-order valence-corrected chi connectivity index (χ3v) is 3.49. The number of hydrogen-bond acceptors (Lipinski definition) is 1. The van der Waals surface area contributed by atoms with Crippen LogP contribution in [0.25, 0.3) is 0 Å². The minimum absolute atomic E-state index is 0.314. The summed E-state index contributed by atoms with van der Waals surface area (Å²) in [7, 11) is 1.56. The molecule has 0 saturated carbocycles. The third-order valence-electron chi connectivity index (χ3n) is 3.00. The Morgan fingerprint density at radius 2 is 1.68 bits per heavy atom. The van der Waals surface area contributed by atoms with Crippen molar-refractivity contribution in [1.82, 2.24) is 0 Å². The van der Waals surface area contributed by atoms with Crippen molar-refractivity contribution >= 4 is 11.6 Å². The molecule has 0 aliphatic heterocycles. The smallest absolute Gasteiger partial charge is 0.124 e. The van der Waals surface area contributed by atoms with Gasteiger partial charge in [-0.1, -0.05) is 29.3 Å². The molecule has 1 nitrogen and oxygen atoms in total. The number of alkyl halides is 1. The molecule has 1 unspecified atom stereocenters. The van der Waals surface area contributed by atoms with Crippen molar-refractivity contribution in [2.75, 3.05) is 7.11 Å². The van der Waals surface area contributed by atoms with Gasteiger partial charge in [-0.05, 0) is 37.6 Å². The van der Waals surface area contributed by atoms with Gasteiger partial charge in [-0.25, -0.2) is 4.39 Å². The van der Waals surface area contributed by atoms with E-state index in [9.17, 15) is 4.39 Å². The van der Waals surface area contributed by atoms with Gasteiger partial charge in [0.2, 0.25) is 0 Å². The zero-order valence-electron chi connectivity index (χ0n) is 11.2. The molecule has 0 heterocycles. The van der Waals surface area contributed by atoms with Crippen molar-refractivity contribution in [2.24, 2.45) is 0 Å². The van der Waals surface area contributed by atoms with E-state index < -0.39 is 5.38 Å². The maximum atomic E-state index is 13.4. The fourth-order valence-electron chi connectivity index (χ4n) is 2.24. The van der Waals surface area contributed by atoms with Crippen LogP contribution in [0.5, 0.6) is 5.75 Å². The second-order valence-corrected chi connectivity index (χ2v) is 5.11. The second-order valence-electron chi connectivity index (χ2n) is 4.67. The summed E-state index contributed by atoms with van der Waals surface area (Å²) in [4.78, 5) is 0. The van der Waals surface area contributed by atoms with Crippen molar-refractivity contribution in [3.8, 4) is 5.75 Å². The molecule has 2 aromatic carbocycles. The van der Waals surface area contributed by atoms with E-state index in [1.807, 2.05) is 26.0 Å². The number of methoxy groups -OCH3 is 1. The van der Waals surface area contributed by atoms with Crippen molar-refractivity contribution in [3.05, 3.63) is 64.5 Å².